The number of carbonyl (C=O) groups excluding carboxylic acids is 2. The molecule has 2 heterocycles. The molecule has 1 aliphatic rings. The molecule has 130 valence electrons. The number of thiophene rings is 1. The predicted molar refractivity (Wildman–Crippen MR) is 99.5 cm³/mol. The van der Waals surface area contributed by atoms with Crippen LogP contribution in [0.1, 0.15) is 25.6 Å². The zero-order chi connectivity index (χ0) is 18.0. The van der Waals surface area contributed by atoms with Gasteiger partial charge in [0, 0.05) is 16.6 Å². The Kier molecular flexibility index (Phi) is 4.90. The Morgan fingerprint density at radius 1 is 1.12 bits per heavy atom. The molecule has 2 amide bonds. The number of nitrogens with one attached hydrogen (secondary N) is 1. The normalized spacial score (nSPS) is 14.6. The molecule has 0 saturated carbocycles. The zero-order valence-corrected chi connectivity index (χ0v) is 15.2. The number of anilines is 1. The quantitative estimate of drug-likeness (QED) is 0.801. The monoisotopic (exact) mass is 356 g/mol. The third-order valence-electron chi connectivity index (χ3n) is 3.83. The van der Waals surface area contributed by atoms with E-state index in [0.717, 1.165) is 16.3 Å². The molecule has 0 fully saturated rings. The van der Waals surface area contributed by atoms with Crippen molar-refractivity contribution >= 4 is 34.4 Å². The van der Waals surface area contributed by atoms with E-state index in [1.54, 1.807) is 0 Å². The first kappa shape index (κ1) is 17.2. The highest BCUT2D eigenvalue weighted by Crippen LogP contribution is 2.33. The van der Waals surface area contributed by atoms with Crippen LogP contribution < -0.4 is 10.1 Å². The van der Waals surface area contributed by atoms with Crippen LogP contribution in [0.3, 0.4) is 0 Å². The Bertz CT molecular complexity index is 808. The van der Waals surface area contributed by atoms with Gasteiger partial charge < -0.3 is 10.1 Å². The van der Waals surface area contributed by atoms with Crippen LogP contribution in [0.25, 0.3) is 5.57 Å². The molecular formula is C19H20N2O3S. The molecule has 0 bridgehead atoms. The van der Waals surface area contributed by atoms with Crippen molar-refractivity contribution in [2.24, 2.45) is 0 Å². The van der Waals surface area contributed by atoms with Crippen LogP contribution in [0.2, 0.25) is 0 Å². The summed E-state index contributed by atoms with van der Waals surface area (Å²) >= 11 is 1.45. The lowest BCUT2D eigenvalue weighted by Gasteiger charge is -2.19. The average molecular weight is 356 g/mol. The lowest BCUT2D eigenvalue weighted by atomic mass is 10.2. The molecule has 0 saturated heterocycles. The Balaban J connectivity index is 1.97. The maximum atomic E-state index is 12.8. The molecule has 2 aromatic rings. The third kappa shape index (κ3) is 3.30. The summed E-state index contributed by atoms with van der Waals surface area (Å²) in [4.78, 5) is 27.7. The average Bonchev–Trinajstić information content (AvgIpc) is 3.17. The van der Waals surface area contributed by atoms with Crippen molar-refractivity contribution in [2.45, 2.75) is 26.8 Å². The molecule has 5 nitrogen and oxygen atoms in total. The van der Waals surface area contributed by atoms with Gasteiger partial charge in [0.05, 0.1) is 12.2 Å². The second-order valence-corrected chi connectivity index (χ2v) is 6.83. The number of ether oxygens (including phenoxy) is 1. The van der Waals surface area contributed by atoms with E-state index >= 15 is 0 Å². The summed E-state index contributed by atoms with van der Waals surface area (Å²) in [6, 6.07) is 10.9. The molecule has 0 atom stereocenters. The van der Waals surface area contributed by atoms with Gasteiger partial charge >= 0.3 is 0 Å². The summed E-state index contributed by atoms with van der Waals surface area (Å²) in [5.74, 6) is 0.214. The van der Waals surface area contributed by atoms with Gasteiger partial charge in [-0.2, -0.15) is 0 Å². The van der Waals surface area contributed by atoms with Crippen LogP contribution in [-0.2, 0) is 9.59 Å². The lowest BCUT2D eigenvalue weighted by Crippen LogP contribution is -2.38. The first-order valence-corrected chi connectivity index (χ1v) is 9.06. The van der Waals surface area contributed by atoms with Crippen LogP contribution in [-0.4, -0.2) is 29.4 Å². The fourth-order valence-electron chi connectivity index (χ4n) is 2.73. The summed E-state index contributed by atoms with van der Waals surface area (Å²) in [5, 5.41) is 5.03. The number of nitrogens with zero attached hydrogens (tertiary/aromatic N) is 1. The Labute approximate surface area is 150 Å². The predicted octanol–water partition coefficient (Wildman–Crippen LogP) is 3.75. The van der Waals surface area contributed by atoms with E-state index in [9.17, 15) is 9.59 Å². The minimum Gasteiger partial charge on any atom is -0.494 e. The topological polar surface area (TPSA) is 58.6 Å². The fourth-order valence-corrected chi connectivity index (χ4v) is 3.49. The third-order valence-corrected chi connectivity index (χ3v) is 4.72. The van der Waals surface area contributed by atoms with Gasteiger partial charge in [0.15, 0.2) is 0 Å². The number of imide groups is 1. The summed E-state index contributed by atoms with van der Waals surface area (Å²) in [5.41, 5.74) is 1.49. The molecule has 1 aromatic heterocycles. The largest absolute Gasteiger partial charge is 0.494 e. The van der Waals surface area contributed by atoms with E-state index in [-0.39, 0.29) is 17.9 Å². The van der Waals surface area contributed by atoms with Crippen LogP contribution in [0, 0.1) is 0 Å². The fraction of sp³-hybridized carbons (Fsp3) is 0.263. The van der Waals surface area contributed by atoms with Crippen molar-refractivity contribution in [2.75, 3.05) is 11.9 Å². The number of benzene rings is 1. The summed E-state index contributed by atoms with van der Waals surface area (Å²) < 4.78 is 5.43. The van der Waals surface area contributed by atoms with Gasteiger partial charge in [0.2, 0.25) is 0 Å². The highest BCUT2D eigenvalue weighted by molar-refractivity contribution is 7.11. The summed E-state index contributed by atoms with van der Waals surface area (Å²) in [6.45, 7) is 6.19. The van der Waals surface area contributed by atoms with Gasteiger partial charge in [-0.15, -0.1) is 11.3 Å². The standard InChI is InChI=1S/C19H20N2O3S/c1-4-24-14-9-7-13(8-10-14)20-17-16(15-6-5-11-25-15)18(22)21(12(2)3)19(17)23/h5-12,20H,4H2,1-3H3. The molecule has 1 aromatic carbocycles. The van der Waals surface area contributed by atoms with E-state index in [0.29, 0.717) is 17.9 Å². The number of rotatable bonds is 6. The number of hydrogen-bond acceptors (Lipinski definition) is 5. The Morgan fingerprint density at radius 3 is 2.40 bits per heavy atom. The molecular weight excluding hydrogens is 336 g/mol. The van der Waals surface area contributed by atoms with Crippen LogP contribution in [0.4, 0.5) is 5.69 Å². The van der Waals surface area contributed by atoms with Gasteiger partial charge in [-0.1, -0.05) is 6.07 Å². The number of amides is 2. The van der Waals surface area contributed by atoms with Crippen molar-refractivity contribution in [1.29, 1.82) is 0 Å². The number of carbonyl (C=O) groups is 2. The lowest BCUT2D eigenvalue weighted by molar-refractivity contribution is -0.138. The molecule has 0 aliphatic carbocycles. The zero-order valence-electron chi connectivity index (χ0n) is 14.4. The van der Waals surface area contributed by atoms with Crippen molar-refractivity contribution in [1.82, 2.24) is 4.90 Å². The van der Waals surface area contributed by atoms with Crippen molar-refractivity contribution < 1.29 is 14.3 Å². The molecule has 0 spiro atoms. The highest BCUT2D eigenvalue weighted by atomic mass is 32.1. The van der Waals surface area contributed by atoms with Crippen LogP contribution >= 0.6 is 11.3 Å². The Hall–Kier alpha value is -2.60. The second-order valence-electron chi connectivity index (χ2n) is 5.88. The SMILES string of the molecule is CCOc1ccc(NC2=C(c3cccs3)C(=O)N(C(C)C)C2=O)cc1. The smallest absolute Gasteiger partial charge is 0.278 e. The van der Waals surface area contributed by atoms with E-state index in [4.69, 9.17) is 4.74 Å². The van der Waals surface area contributed by atoms with Gasteiger partial charge in [0.25, 0.3) is 11.8 Å². The summed E-state index contributed by atoms with van der Waals surface area (Å²) in [6.07, 6.45) is 0. The molecule has 0 radical (unpaired) electrons. The van der Waals surface area contributed by atoms with Gasteiger partial charge in [-0.3, -0.25) is 14.5 Å². The minimum atomic E-state index is -0.294. The van der Waals surface area contributed by atoms with Crippen LogP contribution in [0.5, 0.6) is 5.75 Å². The van der Waals surface area contributed by atoms with Crippen LogP contribution in [0.15, 0.2) is 47.5 Å². The second kappa shape index (κ2) is 7.11. The molecule has 1 N–H and O–H groups in total. The number of hydrogen-bond donors (Lipinski definition) is 1. The van der Waals surface area contributed by atoms with Crippen molar-refractivity contribution in [3.05, 3.63) is 52.4 Å². The maximum Gasteiger partial charge on any atom is 0.278 e. The van der Waals surface area contributed by atoms with Gasteiger partial charge in [-0.25, -0.2) is 0 Å². The first-order valence-electron chi connectivity index (χ1n) is 8.18. The van der Waals surface area contributed by atoms with E-state index in [1.807, 2.05) is 62.5 Å². The van der Waals surface area contributed by atoms with E-state index in [2.05, 4.69) is 5.32 Å². The minimum absolute atomic E-state index is 0.199. The molecule has 1 aliphatic heterocycles. The first-order chi connectivity index (χ1) is 12.0. The molecule has 6 heteroatoms. The van der Waals surface area contributed by atoms with Crippen molar-refractivity contribution in [3.8, 4) is 5.75 Å². The van der Waals surface area contributed by atoms with E-state index < -0.39 is 0 Å². The maximum absolute atomic E-state index is 12.8. The highest BCUT2D eigenvalue weighted by Gasteiger charge is 2.40. The Morgan fingerprint density at radius 2 is 1.84 bits per heavy atom. The van der Waals surface area contributed by atoms with E-state index in [1.165, 1.54) is 16.2 Å². The van der Waals surface area contributed by atoms with Gasteiger partial charge in [-0.05, 0) is 56.5 Å². The molecule has 25 heavy (non-hydrogen) atoms. The molecule has 0 unspecified atom stereocenters. The van der Waals surface area contributed by atoms with Crippen molar-refractivity contribution in [3.63, 3.8) is 0 Å². The molecule has 3 rings (SSSR count). The summed E-state index contributed by atoms with van der Waals surface area (Å²) in [7, 11) is 0. The van der Waals surface area contributed by atoms with Gasteiger partial charge in [0.1, 0.15) is 11.4 Å².